The molecule has 0 radical (unpaired) electrons. The summed E-state index contributed by atoms with van der Waals surface area (Å²) in [6.45, 7) is 16.5. The van der Waals surface area contributed by atoms with E-state index < -0.39 is 14.2 Å². The molecule has 0 aliphatic carbocycles. The Morgan fingerprint density at radius 2 is 0.625 bits per heavy atom. The van der Waals surface area contributed by atoms with Crippen molar-refractivity contribution in [3.63, 3.8) is 0 Å². The van der Waals surface area contributed by atoms with Gasteiger partial charge in [0.05, 0.1) is 60.5 Å². The van der Waals surface area contributed by atoms with Crippen LogP contribution in [0, 0.1) is 0 Å². The van der Waals surface area contributed by atoms with Crippen molar-refractivity contribution >= 4 is 146 Å². The van der Waals surface area contributed by atoms with Crippen LogP contribution in [0.4, 0.5) is 0 Å². The smallest absolute Gasteiger partial charge is 0.456 e. The highest BCUT2D eigenvalue weighted by Gasteiger charge is 2.53. The van der Waals surface area contributed by atoms with Gasteiger partial charge in [0.25, 0.3) is 0 Å². The molecule has 0 unspecified atom stereocenters. The Bertz CT molecular complexity index is 4980. The molecule has 15 aromatic rings. The summed E-state index contributed by atoms with van der Waals surface area (Å²) in [6, 6.07) is 55.5. The van der Waals surface area contributed by atoms with E-state index in [9.17, 15) is 0 Å². The van der Waals surface area contributed by atoms with Crippen molar-refractivity contribution in [2.45, 2.75) is 85.2 Å². The van der Waals surface area contributed by atoms with E-state index in [4.69, 9.17) is 49.0 Å². The summed E-state index contributed by atoms with van der Waals surface area (Å²) < 4.78 is 37.4. The molecule has 0 bridgehead atoms. The summed E-state index contributed by atoms with van der Waals surface area (Å²) in [4.78, 5) is 27.3. The van der Waals surface area contributed by atoms with E-state index in [0.717, 1.165) is 147 Å². The zero-order valence-corrected chi connectivity index (χ0v) is 50.0. The Kier molecular flexibility index (Phi) is 13.7. The normalized spacial score (nSPS) is 15.8. The molecule has 7 aromatic carbocycles. The van der Waals surface area contributed by atoms with Crippen molar-refractivity contribution < 1.29 is 27.5 Å². The van der Waals surface area contributed by atoms with E-state index >= 15 is 0 Å². The molecular formula is C73H61B2ClN6O6. The standard InChI is InChI=1S/C36H20N4O.C24H30B2O5.C12H7ClN2.CH4/c1-5-23-19-27(25-7-3-15-39-35(25)33(23)37-13-1)21-9-11-31-29(17-21)30-18-22(10-12-32(30)41-31)28-20-24-6-2-14-38-34(24)36-26(28)8-4-16-40-36;1-21(2)22(3,4)29-25(28-21)15-9-11-19-17(13-15)18-14-16(10-12-20(18)27-19)26-30-23(5,6)24(7,8)31-26;13-10-7-8-3-1-5-14-11(8)12-9(10)4-2-6-15-12;/h1-20H;9-14H,1-8H3;1-7H;1H4. The fraction of sp³-hybridized carbons (Fsp3) is 0.178. The largest absolute Gasteiger partial charge is 0.494 e. The molecule has 0 amide bonds. The highest BCUT2D eigenvalue weighted by atomic mass is 35.5. The number of benzene rings is 7. The fourth-order valence-corrected chi connectivity index (χ4v) is 12.2. The fourth-order valence-electron chi connectivity index (χ4n) is 11.9. The first-order chi connectivity index (χ1) is 42.0. The molecule has 2 aliphatic heterocycles. The van der Waals surface area contributed by atoms with Gasteiger partial charge in [-0.25, -0.2) is 0 Å². The van der Waals surface area contributed by atoms with Gasteiger partial charge in [-0.15, -0.1) is 0 Å². The average molecular weight is 1180 g/mol. The van der Waals surface area contributed by atoms with Crippen molar-refractivity contribution in [1.82, 2.24) is 29.9 Å². The molecular weight excluding hydrogens is 1110 g/mol. The summed E-state index contributed by atoms with van der Waals surface area (Å²) in [5, 5.41) is 11.2. The van der Waals surface area contributed by atoms with E-state index in [-0.39, 0.29) is 29.8 Å². The molecule has 10 heterocycles. The first-order valence-corrected chi connectivity index (χ1v) is 29.5. The minimum absolute atomic E-state index is 0. The molecule has 17 rings (SSSR count). The second-order valence-electron chi connectivity index (χ2n) is 24.4. The first-order valence-electron chi connectivity index (χ1n) is 29.1. The van der Waals surface area contributed by atoms with Crippen molar-refractivity contribution in [2.24, 2.45) is 0 Å². The third-order valence-corrected chi connectivity index (χ3v) is 18.3. The molecule has 88 heavy (non-hydrogen) atoms. The van der Waals surface area contributed by atoms with E-state index in [0.29, 0.717) is 0 Å². The Labute approximate surface area is 514 Å². The molecule has 0 saturated carbocycles. The zero-order valence-electron chi connectivity index (χ0n) is 49.2. The van der Waals surface area contributed by atoms with Gasteiger partial charge in [0.2, 0.25) is 0 Å². The van der Waals surface area contributed by atoms with E-state index in [1.807, 2.05) is 104 Å². The lowest BCUT2D eigenvalue weighted by Crippen LogP contribution is -2.41. The molecule has 2 saturated heterocycles. The average Bonchev–Trinajstić information content (AvgIpc) is 3.06. The number of hydrogen-bond donors (Lipinski definition) is 0. The quantitative estimate of drug-likeness (QED) is 0.122. The van der Waals surface area contributed by atoms with Gasteiger partial charge in [-0.05, 0) is 186 Å². The molecule has 8 aromatic heterocycles. The third-order valence-electron chi connectivity index (χ3n) is 18.0. The number of fused-ring (bicyclic) bond motifs is 15. The molecule has 0 spiro atoms. The molecule has 2 aliphatic rings. The van der Waals surface area contributed by atoms with Gasteiger partial charge in [-0.3, -0.25) is 29.9 Å². The maximum atomic E-state index is 6.30. The van der Waals surface area contributed by atoms with Crippen LogP contribution < -0.4 is 10.9 Å². The molecule has 0 atom stereocenters. The maximum Gasteiger partial charge on any atom is 0.494 e. The van der Waals surface area contributed by atoms with Crippen LogP contribution in [0.1, 0.15) is 62.8 Å². The maximum absolute atomic E-state index is 6.30. The molecule has 15 heteroatoms. The second-order valence-corrected chi connectivity index (χ2v) is 24.9. The molecule has 12 nitrogen and oxygen atoms in total. The summed E-state index contributed by atoms with van der Waals surface area (Å²) in [7, 11) is -0.823. The Morgan fingerprint density at radius 3 is 1.01 bits per heavy atom. The van der Waals surface area contributed by atoms with Gasteiger partial charge in [-0.1, -0.05) is 85.8 Å². The minimum atomic E-state index is -0.411. The predicted octanol–water partition coefficient (Wildman–Crippen LogP) is 17.4. The Morgan fingerprint density at radius 1 is 0.318 bits per heavy atom. The van der Waals surface area contributed by atoms with Gasteiger partial charge in [0.1, 0.15) is 22.3 Å². The Balaban J connectivity index is 0.000000127. The lowest BCUT2D eigenvalue weighted by molar-refractivity contribution is 0.00578. The minimum Gasteiger partial charge on any atom is -0.456 e. The lowest BCUT2D eigenvalue weighted by Gasteiger charge is -2.32. The molecule has 2 fully saturated rings. The Hall–Kier alpha value is -9.14. The van der Waals surface area contributed by atoms with Crippen molar-refractivity contribution in [2.75, 3.05) is 0 Å². The topological polar surface area (TPSA) is 141 Å². The van der Waals surface area contributed by atoms with Gasteiger partial charge in [0.15, 0.2) is 0 Å². The summed E-state index contributed by atoms with van der Waals surface area (Å²) in [6.07, 6.45) is 10.8. The highest BCUT2D eigenvalue weighted by molar-refractivity contribution is 6.63. The van der Waals surface area contributed by atoms with Crippen LogP contribution in [-0.2, 0) is 18.6 Å². The number of aromatic nitrogens is 6. The van der Waals surface area contributed by atoms with Crippen LogP contribution in [0.3, 0.4) is 0 Å². The number of furan rings is 2. The van der Waals surface area contributed by atoms with Crippen LogP contribution in [-0.4, -0.2) is 66.5 Å². The van der Waals surface area contributed by atoms with Crippen molar-refractivity contribution in [1.29, 1.82) is 0 Å². The van der Waals surface area contributed by atoms with Gasteiger partial charge >= 0.3 is 14.2 Å². The monoisotopic (exact) mass is 1170 g/mol. The zero-order chi connectivity index (χ0) is 59.6. The van der Waals surface area contributed by atoms with Crippen LogP contribution >= 0.6 is 11.6 Å². The van der Waals surface area contributed by atoms with Crippen LogP contribution in [0.2, 0.25) is 5.02 Å². The van der Waals surface area contributed by atoms with Crippen molar-refractivity contribution in [3.05, 3.63) is 206 Å². The second kappa shape index (κ2) is 21.3. The van der Waals surface area contributed by atoms with E-state index in [1.54, 1.807) is 12.4 Å². The van der Waals surface area contributed by atoms with Gasteiger partial charge in [-0.2, -0.15) is 0 Å². The third kappa shape index (κ3) is 9.58. The van der Waals surface area contributed by atoms with Crippen LogP contribution in [0.25, 0.3) is 132 Å². The summed E-state index contributed by atoms with van der Waals surface area (Å²) >= 11 is 6.17. The number of halogens is 1. The van der Waals surface area contributed by atoms with Crippen LogP contribution in [0.15, 0.2) is 210 Å². The number of rotatable bonds is 4. The lowest BCUT2D eigenvalue weighted by atomic mass is 9.77. The van der Waals surface area contributed by atoms with E-state index in [1.165, 1.54) is 0 Å². The van der Waals surface area contributed by atoms with Gasteiger partial charge in [0, 0.05) is 91.0 Å². The summed E-state index contributed by atoms with van der Waals surface area (Å²) in [5.41, 5.74) is 13.7. The predicted molar refractivity (Wildman–Crippen MR) is 360 cm³/mol. The van der Waals surface area contributed by atoms with Crippen LogP contribution in [0.5, 0.6) is 0 Å². The molecule has 432 valence electrons. The summed E-state index contributed by atoms with van der Waals surface area (Å²) in [5.74, 6) is 0. The SMILES string of the molecule is C.CC1(C)OB(c2ccc3oc4ccc(B5OC(C)(C)C(C)(C)O5)cc4c3c2)OC1(C)C.Clc1cc2cccnc2c2ncccc12.c1cnc2c(c1)cc(-c1ccc3oc4ccc(-c5cc6cccnc6c6ncccc56)cc4c3c1)c1cccnc12. The van der Waals surface area contributed by atoms with Gasteiger partial charge < -0.3 is 27.5 Å². The molecule has 0 N–H and O–H groups in total. The van der Waals surface area contributed by atoms with Crippen molar-refractivity contribution in [3.8, 4) is 22.3 Å². The number of nitrogens with zero attached hydrogens (tertiary/aromatic N) is 6. The highest BCUT2D eigenvalue weighted by Crippen LogP contribution is 2.42. The number of pyridine rings is 6. The first kappa shape index (κ1) is 56.7. The van der Waals surface area contributed by atoms with E-state index in [2.05, 4.69) is 160 Å². The number of hydrogen-bond acceptors (Lipinski definition) is 12.